The number of halogens is 3. The van der Waals surface area contributed by atoms with E-state index >= 15 is 0 Å². The van der Waals surface area contributed by atoms with Crippen LogP contribution in [-0.4, -0.2) is 42.9 Å². The molecule has 1 aliphatic heterocycles. The van der Waals surface area contributed by atoms with Crippen molar-refractivity contribution in [2.45, 2.75) is 39.7 Å². The van der Waals surface area contributed by atoms with Crippen molar-refractivity contribution in [2.24, 2.45) is 10.9 Å². The van der Waals surface area contributed by atoms with Crippen molar-refractivity contribution >= 4 is 35.8 Å². The Hall–Kier alpha value is -1.45. The Morgan fingerprint density at radius 3 is 2.81 bits per heavy atom. The third-order valence-corrected chi connectivity index (χ3v) is 4.40. The van der Waals surface area contributed by atoms with Gasteiger partial charge in [-0.3, -0.25) is 4.79 Å². The van der Waals surface area contributed by atoms with Gasteiger partial charge in [-0.25, -0.2) is 13.8 Å². The number of nitrogens with one attached hydrogen (secondary N) is 2. The first-order chi connectivity index (χ1) is 12.5. The summed E-state index contributed by atoms with van der Waals surface area (Å²) >= 11 is 0. The number of carbonyl (C=O) groups is 1. The molecule has 2 N–H and O–H groups in total. The molecule has 1 atom stereocenters. The minimum absolute atomic E-state index is 0. The molecule has 1 heterocycles. The van der Waals surface area contributed by atoms with Crippen molar-refractivity contribution in [1.29, 1.82) is 0 Å². The van der Waals surface area contributed by atoms with Crippen molar-refractivity contribution in [3.63, 3.8) is 0 Å². The fraction of sp³-hybridized carbons (Fsp3) is 0.579. The van der Waals surface area contributed by atoms with Gasteiger partial charge in [0.15, 0.2) is 5.96 Å². The van der Waals surface area contributed by atoms with Gasteiger partial charge < -0.3 is 15.5 Å². The van der Waals surface area contributed by atoms with E-state index in [0.29, 0.717) is 31.4 Å². The second-order valence-electron chi connectivity index (χ2n) is 6.69. The van der Waals surface area contributed by atoms with Crippen LogP contribution in [0.4, 0.5) is 8.78 Å². The second kappa shape index (κ2) is 12.1. The van der Waals surface area contributed by atoms with E-state index in [-0.39, 0.29) is 42.0 Å². The highest BCUT2D eigenvalue weighted by atomic mass is 127. The van der Waals surface area contributed by atoms with Gasteiger partial charge in [0.05, 0.1) is 6.54 Å². The summed E-state index contributed by atoms with van der Waals surface area (Å²) in [5.41, 5.74) is 0.195. The Balaban J connectivity index is 0.00000364. The number of nitrogens with zero attached hydrogens (tertiary/aromatic N) is 2. The lowest BCUT2D eigenvalue weighted by Crippen LogP contribution is -2.42. The topological polar surface area (TPSA) is 56.7 Å². The first-order valence-corrected chi connectivity index (χ1v) is 9.23. The van der Waals surface area contributed by atoms with E-state index < -0.39 is 11.6 Å². The molecule has 1 aromatic carbocycles. The average Bonchev–Trinajstić information content (AvgIpc) is 2.62. The molecule has 1 fully saturated rings. The Labute approximate surface area is 177 Å². The van der Waals surface area contributed by atoms with Crippen molar-refractivity contribution < 1.29 is 13.6 Å². The number of aliphatic imine (C=N–C) groups is 1. The zero-order chi connectivity index (χ0) is 18.9. The molecule has 0 aliphatic carbocycles. The van der Waals surface area contributed by atoms with Crippen LogP contribution in [0.5, 0.6) is 0 Å². The van der Waals surface area contributed by atoms with Crippen LogP contribution in [-0.2, 0) is 11.3 Å². The van der Waals surface area contributed by atoms with Crippen molar-refractivity contribution in [3.05, 3.63) is 35.4 Å². The molecule has 1 aliphatic rings. The Morgan fingerprint density at radius 1 is 1.33 bits per heavy atom. The van der Waals surface area contributed by atoms with Gasteiger partial charge in [-0.1, -0.05) is 6.92 Å². The van der Waals surface area contributed by atoms with Crippen LogP contribution >= 0.6 is 24.0 Å². The number of hydrogen-bond donors (Lipinski definition) is 2. The Kier molecular flexibility index (Phi) is 10.6. The highest BCUT2D eigenvalue weighted by molar-refractivity contribution is 14.0. The van der Waals surface area contributed by atoms with Gasteiger partial charge in [-0.05, 0) is 43.9 Å². The van der Waals surface area contributed by atoms with Gasteiger partial charge in [0, 0.05) is 38.2 Å². The molecule has 27 heavy (non-hydrogen) atoms. The number of rotatable bonds is 6. The van der Waals surface area contributed by atoms with Gasteiger partial charge in [-0.2, -0.15) is 0 Å². The molecular weight excluding hydrogens is 465 g/mol. The number of amides is 1. The predicted molar refractivity (Wildman–Crippen MR) is 114 cm³/mol. The summed E-state index contributed by atoms with van der Waals surface area (Å²) in [6.07, 6.45) is 2.62. The lowest BCUT2D eigenvalue weighted by Gasteiger charge is -2.31. The number of likely N-dealkylation sites (tertiary alicyclic amines) is 1. The molecule has 0 saturated carbocycles. The predicted octanol–water partition coefficient (Wildman–Crippen LogP) is 3.29. The number of guanidine groups is 1. The SMILES string of the molecule is CCNC(=NCc1cc(F)ccc1F)NCCC(=O)N1CCCC(C)C1.I. The zero-order valence-corrected chi connectivity index (χ0v) is 18.3. The van der Waals surface area contributed by atoms with Crippen LogP contribution in [0.15, 0.2) is 23.2 Å². The van der Waals surface area contributed by atoms with E-state index in [1.54, 1.807) is 0 Å². The largest absolute Gasteiger partial charge is 0.357 e. The summed E-state index contributed by atoms with van der Waals surface area (Å²) in [6.45, 7) is 6.84. The molecule has 1 aromatic rings. The lowest BCUT2D eigenvalue weighted by molar-refractivity contribution is -0.132. The van der Waals surface area contributed by atoms with Crippen molar-refractivity contribution in [1.82, 2.24) is 15.5 Å². The van der Waals surface area contributed by atoms with Gasteiger partial charge >= 0.3 is 0 Å². The molecule has 1 saturated heterocycles. The molecule has 5 nitrogen and oxygen atoms in total. The Morgan fingerprint density at radius 2 is 2.11 bits per heavy atom. The average molecular weight is 494 g/mol. The van der Waals surface area contributed by atoms with Gasteiger partial charge in [0.25, 0.3) is 0 Å². The summed E-state index contributed by atoms with van der Waals surface area (Å²) in [5, 5.41) is 6.13. The summed E-state index contributed by atoms with van der Waals surface area (Å²) in [4.78, 5) is 18.5. The summed E-state index contributed by atoms with van der Waals surface area (Å²) in [6, 6.07) is 3.32. The highest BCUT2D eigenvalue weighted by Crippen LogP contribution is 2.16. The molecule has 8 heteroatoms. The normalized spacial score (nSPS) is 17.3. The molecule has 0 spiro atoms. The molecule has 1 unspecified atom stereocenters. The maximum Gasteiger partial charge on any atom is 0.224 e. The maximum atomic E-state index is 13.7. The fourth-order valence-electron chi connectivity index (χ4n) is 3.03. The smallest absolute Gasteiger partial charge is 0.224 e. The number of benzene rings is 1. The summed E-state index contributed by atoms with van der Waals surface area (Å²) in [5.74, 6) is 0.198. The van der Waals surface area contributed by atoms with E-state index in [1.165, 1.54) is 6.42 Å². The van der Waals surface area contributed by atoms with Gasteiger partial charge in [0.2, 0.25) is 5.91 Å². The third kappa shape index (κ3) is 7.98. The molecule has 0 radical (unpaired) electrons. The van der Waals surface area contributed by atoms with Gasteiger partial charge in [-0.15, -0.1) is 24.0 Å². The maximum absolute atomic E-state index is 13.7. The van der Waals surface area contributed by atoms with Crippen LogP contribution in [0.3, 0.4) is 0 Å². The zero-order valence-electron chi connectivity index (χ0n) is 15.9. The van der Waals surface area contributed by atoms with Crippen LogP contribution in [0.25, 0.3) is 0 Å². The van der Waals surface area contributed by atoms with E-state index in [4.69, 9.17) is 0 Å². The number of piperidine rings is 1. The fourth-order valence-corrected chi connectivity index (χ4v) is 3.03. The van der Waals surface area contributed by atoms with E-state index in [2.05, 4.69) is 22.5 Å². The summed E-state index contributed by atoms with van der Waals surface area (Å²) in [7, 11) is 0. The first-order valence-electron chi connectivity index (χ1n) is 9.23. The van der Waals surface area contributed by atoms with E-state index in [0.717, 1.165) is 37.7 Å². The minimum atomic E-state index is -0.490. The van der Waals surface area contributed by atoms with Crippen LogP contribution in [0.1, 0.15) is 38.7 Å². The second-order valence-corrected chi connectivity index (χ2v) is 6.69. The molecule has 2 rings (SSSR count). The first kappa shape index (κ1) is 23.6. The highest BCUT2D eigenvalue weighted by Gasteiger charge is 2.20. The van der Waals surface area contributed by atoms with E-state index in [9.17, 15) is 13.6 Å². The molecular formula is C19H29F2IN4O. The van der Waals surface area contributed by atoms with Crippen molar-refractivity contribution in [2.75, 3.05) is 26.2 Å². The standard InChI is InChI=1S/C19H28F2N4O.HI/c1-3-22-19(24-12-15-11-16(20)6-7-17(15)21)23-9-8-18(26)25-10-4-5-14(2)13-25;/h6-7,11,14H,3-5,8-10,12-13H2,1-2H3,(H2,22,23,24);1H. The molecule has 152 valence electrons. The van der Waals surface area contributed by atoms with Crippen LogP contribution in [0.2, 0.25) is 0 Å². The summed E-state index contributed by atoms with van der Waals surface area (Å²) < 4.78 is 26.9. The number of hydrogen-bond acceptors (Lipinski definition) is 2. The quantitative estimate of drug-likeness (QED) is 0.363. The Bertz CT molecular complexity index is 642. The lowest BCUT2D eigenvalue weighted by atomic mass is 10.00. The van der Waals surface area contributed by atoms with Crippen LogP contribution < -0.4 is 10.6 Å². The van der Waals surface area contributed by atoms with E-state index in [1.807, 2.05) is 11.8 Å². The van der Waals surface area contributed by atoms with Crippen molar-refractivity contribution in [3.8, 4) is 0 Å². The monoisotopic (exact) mass is 494 g/mol. The molecule has 0 aromatic heterocycles. The molecule has 0 bridgehead atoms. The van der Waals surface area contributed by atoms with Crippen LogP contribution in [0, 0.1) is 17.6 Å². The third-order valence-electron chi connectivity index (χ3n) is 4.40. The number of carbonyl (C=O) groups excluding carboxylic acids is 1. The molecule has 1 amide bonds. The van der Waals surface area contributed by atoms with Gasteiger partial charge in [0.1, 0.15) is 11.6 Å². The minimum Gasteiger partial charge on any atom is -0.357 e.